The summed E-state index contributed by atoms with van der Waals surface area (Å²) >= 11 is 0. The van der Waals surface area contributed by atoms with Crippen LogP contribution in [0.3, 0.4) is 0 Å². The molecule has 0 saturated heterocycles. The van der Waals surface area contributed by atoms with Gasteiger partial charge in [0.15, 0.2) is 0 Å². The van der Waals surface area contributed by atoms with Crippen molar-refractivity contribution in [3.05, 3.63) is 35.4 Å². The maximum Gasteiger partial charge on any atom is 0.416 e. The second kappa shape index (κ2) is 6.94. The number of halogens is 3. The van der Waals surface area contributed by atoms with Crippen molar-refractivity contribution in [2.75, 3.05) is 7.05 Å². The molecular formula is C15H22F3N. The van der Waals surface area contributed by atoms with E-state index < -0.39 is 11.7 Å². The van der Waals surface area contributed by atoms with Crippen molar-refractivity contribution < 1.29 is 13.2 Å². The predicted molar refractivity (Wildman–Crippen MR) is 72.1 cm³/mol. The Morgan fingerprint density at radius 2 is 1.58 bits per heavy atom. The summed E-state index contributed by atoms with van der Waals surface area (Å²) < 4.78 is 37.4. The van der Waals surface area contributed by atoms with Gasteiger partial charge in [-0.1, -0.05) is 38.8 Å². The summed E-state index contributed by atoms with van der Waals surface area (Å²) in [5.41, 5.74) is 0.360. The average molecular weight is 273 g/mol. The van der Waals surface area contributed by atoms with E-state index in [0.717, 1.165) is 37.0 Å². The fraction of sp³-hybridized carbons (Fsp3) is 0.600. The third-order valence-corrected chi connectivity index (χ3v) is 3.73. The van der Waals surface area contributed by atoms with Gasteiger partial charge in [-0.05, 0) is 37.1 Å². The summed E-state index contributed by atoms with van der Waals surface area (Å²) in [5.74, 6) is 0.548. The molecule has 1 aromatic carbocycles. The highest BCUT2D eigenvalue weighted by Crippen LogP contribution is 2.29. The van der Waals surface area contributed by atoms with Crippen LogP contribution in [-0.4, -0.2) is 13.1 Å². The highest BCUT2D eigenvalue weighted by molar-refractivity contribution is 5.25. The van der Waals surface area contributed by atoms with Crippen molar-refractivity contribution in [1.29, 1.82) is 0 Å². The topological polar surface area (TPSA) is 12.0 Å². The first-order valence-corrected chi connectivity index (χ1v) is 6.75. The lowest BCUT2D eigenvalue weighted by Crippen LogP contribution is -2.35. The molecule has 108 valence electrons. The van der Waals surface area contributed by atoms with Crippen LogP contribution in [0.5, 0.6) is 0 Å². The summed E-state index contributed by atoms with van der Waals surface area (Å²) in [6.07, 6.45) is -1.34. The Morgan fingerprint density at radius 3 is 1.95 bits per heavy atom. The Kier molecular flexibility index (Phi) is 5.85. The molecule has 0 heterocycles. The monoisotopic (exact) mass is 273 g/mol. The number of rotatable bonds is 6. The van der Waals surface area contributed by atoms with Crippen molar-refractivity contribution in [2.24, 2.45) is 5.92 Å². The molecule has 0 aromatic heterocycles. The second-order valence-corrected chi connectivity index (χ2v) is 4.87. The van der Waals surface area contributed by atoms with E-state index in [1.54, 1.807) is 12.1 Å². The van der Waals surface area contributed by atoms with Gasteiger partial charge in [0.25, 0.3) is 0 Å². The Labute approximate surface area is 113 Å². The van der Waals surface area contributed by atoms with Crippen LogP contribution in [0.4, 0.5) is 13.2 Å². The van der Waals surface area contributed by atoms with Crippen molar-refractivity contribution in [3.8, 4) is 0 Å². The Bertz CT molecular complexity index is 366. The van der Waals surface area contributed by atoms with Gasteiger partial charge in [0.05, 0.1) is 5.56 Å². The first-order chi connectivity index (χ1) is 8.92. The van der Waals surface area contributed by atoms with Crippen molar-refractivity contribution in [1.82, 2.24) is 5.32 Å². The highest BCUT2D eigenvalue weighted by Gasteiger charge is 2.30. The lowest BCUT2D eigenvalue weighted by Gasteiger charge is -2.25. The van der Waals surface area contributed by atoms with Gasteiger partial charge in [0.1, 0.15) is 0 Å². The van der Waals surface area contributed by atoms with E-state index in [2.05, 4.69) is 19.2 Å². The van der Waals surface area contributed by atoms with Crippen LogP contribution in [0, 0.1) is 5.92 Å². The fourth-order valence-corrected chi connectivity index (χ4v) is 2.45. The standard InChI is InChI=1S/C15H22F3N/c1-4-12(5-2)14(19-3)10-11-6-8-13(9-7-11)15(16,17)18/h6-9,12,14,19H,4-5,10H2,1-3H3. The Morgan fingerprint density at radius 1 is 1.05 bits per heavy atom. The molecule has 0 bridgehead atoms. The minimum Gasteiger partial charge on any atom is -0.316 e. The van der Waals surface area contributed by atoms with Gasteiger partial charge in [0.2, 0.25) is 0 Å². The van der Waals surface area contributed by atoms with Gasteiger partial charge < -0.3 is 5.32 Å². The van der Waals surface area contributed by atoms with E-state index in [1.807, 2.05) is 7.05 Å². The van der Waals surface area contributed by atoms with E-state index in [1.165, 1.54) is 0 Å². The lowest BCUT2D eigenvalue weighted by atomic mass is 9.89. The van der Waals surface area contributed by atoms with E-state index in [4.69, 9.17) is 0 Å². The minimum absolute atomic E-state index is 0.312. The molecule has 0 aliphatic heterocycles. The van der Waals surface area contributed by atoms with Gasteiger partial charge in [-0.15, -0.1) is 0 Å². The maximum atomic E-state index is 12.5. The molecule has 0 amide bonds. The minimum atomic E-state index is -4.25. The molecule has 1 rings (SSSR count). The first-order valence-electron chi connectivity index (χ1n) is 6.75. The highest BCUT2D eigenvalue weighted by atomic mass is 19.4. The van der Waals surface area contributed by atoms with Crippen LogP contribution in [0.1, 0.15) is 37.8 Å². The zero-order valence-corrected chi connectivity index (χ0v) is 11.7. The summed E-state index contributed by atoms with van der Waals surface area (Å²) in [5, 5.41) is 3.28. The predicted octanol–water partition coefficient (Wildman–Crippen LogP) is 4.27. The summed E-state index contributed by atoms with van der Waals surface area (Å²) in [7, 11) is 1.91. The van der Waals surface area contributed by atoms with Gasteiger partial charge in [0, 0.05) is 6.04 Å². The maximum absolute atomic E-state index is 12.5. The molecule has 1 nitrogen and oxygen atoms in total. The molecule has 0 radical (unpaired) electrons. The summed E-state index contributed by atoms with van der Waals surface area (Å²) in [6, 6.07) is 5.79. The van der Waals surface area contributed by atoms with Gasteiger partial charge in [-0.25, -0.2) is 0 Å². The van der Waals surface area contributed by atoms with Crippen LogP contribution in [0.25, 0.3) is 0 Å². The average Bonchev–Trinajstić information content (AvgIpc) is 2.38. The molecule has 1 atom stereocenters. The number of nitrogens with one attached hydrogen (secondary N) is 1. The van der Waals surface area contributed by atoms with E-state index in [9.17, 15) is 13.2 Å². The zero-order chi connectivity index (χ0) is 14.5. The number of likely N-dealkylation sites (N-methyl/N-ethyl adjacent to an activating group) is 1. The largest absolute Gasteiger partial charge is 0.416 e. The lowest BCUT2D eigenvalue weighted by molar-refractivity contribution is -0.137. The molecular weight excluding hydrogens is 251 g/mol. The molecule has 1 aromatic rings. The molecule has 0 fully saturated rings. The second-order valence-electron chi connectivity index (χ2n) is 4.87. The van der Waals surface area contributed by atoms with Crippen LogP contribution in [0.15, 0.2) is 24.3 Å². The SMILES string of the molecule is CCC(CC)C(Cc1ccc(C(F)(F)F)cc1)NC. The van der Waals surface area contributed by atoms with Gasteiger partial charge >= 0.3 is 6.18 Å². The molecule has 0 saturated carbocycles. The third-order valence-electron chi connectivity index (χ3n) is 3.73. The molecule has 4 heteroatoms. The van der Waals surface area contributed by atoms with E-state index in [-0.39, 0.29) is 0 Å². The van der Waals surface area contributed by atoms with Gasteiger partial charge in [-0.3, -0.25) is 0 Å². The Balaban J connectivity index is 2.76. The van der Waals surface area contributed by atoms with Crippen LogP contribution >= 0.6 is 0 Å². The van der Waals surface area contributed by atoms with Crippen LogP contribution < -0.4 is 5.32 Å². The number of hydrogen-bond acceptors (Lipinski definition) is 1. The number of hydrogen-bond donors (Lipinski definition) is 1. The molecule has 1 unspecified atom stereocenters. The fourth-order valence-electron chi connectivity index (χ4n) is 2.45. The molecule has 0 spiro atoms. The quantitative estimate of drug-likeness (QED) is 0.816. The van der Waals surface area contributed by atoms with Crippen molar-refractivity contribution in [3.63, 3.8) is 0 Å². The van der Waals surface area contributed by atoms with E-state index in [0.29, 0.717) is 12.0 Å². The first kappa shape index (κ1) is 16.0. The van der Waals surface area contributed by atoms with E-state index >= 15 is 0 Å². The molecule has 19 heavy (non-hydrogen) atoms. The molecule has 1 N–H and O–H groups in total. The molecule has 0 aliphatic carbocycles. The summed E-state index contributed by atoms with van der Waals surface area (Å²) in [4.78, 5) is 0. The normalized spacial score (nSPS) is 13.8. The number of alkyl halides is 3. The molecule has 0 aliphatic rings. The van der Waals surface area contributed by atoms with Crippen molar-refractivity contribution >= 4 is 0 Å². The smallest absolute Gasteiger partial charge is 0.316 e. The van der Waals surface area contributed by atoms with Gasteiger partial charge in [-0.2, -0.15) is 13.2 Å². The third kappa shape index (κ3) is 4.53. The van der Waals surface area contributed by atoms with Crippen LogP contribution in [0.2, 0.25) is 0 Å². The number of benzene rings is 1. The van der Waals surface area contributed by atoms with Crippen molar-refractivity contribution in [2.45, 2.75) is 45.3 Å². The zero-order valence-electron chi connectivity index (χ0n) is 11.7. The van der Waals surface area contributed by atoms with Crippen LogP contribution in [-0.2, 0) is 12.6 Å². The summed E-state index contributed by atoms with van der Waals surface area (Å²) in [6.45, 7) is 4.29. The Hall–Kier alpha value is -1.03.